The molecule has 1 heterocycles. The van der Waals surface area contributed by atoms with Crippen LogP contribution in [-0.4, -0.2) is 13.1 Å². The number of carbonyl (C=O) groups excluding carboxylic acids is 1. The predicted octanol–water partition coefficient (Wildman–Crippen LogP) is 2.22. The summed E-state index contributed by atoms with van der Waals surface area (Å²) in [6.07, 6.45) is 6.41. The number of halogens is 1. The molecule has 14 heavy (non-hydrogen) atoms. The van der Waals surface area contributed by atoms with Gasteiger partial charge in [0, 0.05) is 16.4 Å². The molecule has 0 aromatic carbocycles. The Morgan fingerprint density at radius 1 is 1.71 bits per heavy atom. The number of hydrogen-bond acceptors (Lipinski definition) is 3. The van der Waals surface area contributed by atoms with E-state index in [-0.39, 0.29) is 5.97 Å². The van der Waals surface area contributed by atoms with Crippen LogP contribution in [0.4, 0.5) is 0 Å². The van der Waals surface area contributed by atoms with E-state index >= 15 is 0 Å². The molecule has 0 spiro atoms. The largest absolute Gasteiger partial charge is 0.465 e. The lowest BCUT2D eigenvalue weighted by atomic mass is 10.1. The van der Waals surface area contributed by atoms with Crippen molar-refractivity contribution in [2.45, 2.75) is 13.3 Å². The highest BCUT2D eigenvalue weighted by molar-refractivity contribution is 9.12. The number of rotatable bonds is 2. The number of esters is 1. The van der Waals surface area contributed by atoms with Gasteiger partial charge in [0.05, 0.1) is 12.7 Å². The summed E-state index contributed by atoms with van der Waals surface area (Å²) in [6, 6.07) is 0. The molecule has 1 aliphatic rings. The molecular formula is C10H12BrNO2. The van der Waals surface area contributed by atoms with Crippen molar-refractivity contribution < 1.29 is 9.53 Å². The molecule has 76 valence electrons. The number of allylic oxidation sites excluding steroid dienone is 2. The minimum atomic E-state index is -0.336. The summed E-state index contributed by atoms with van der Waals surface area (Å²) < 4.78 is 5.36. The van der Waals surface area contributed by atoms with Crippen molar-refractivity contribution in [2.24, 2.45) is 0 Å². The second-order valence-corrected chi connectivity index (χ2v) is 3.61. The summed E-state index contributed by atoms with van der Waals surface area (Å²) in [6.45, 7) is 2.04. The first-order chi connectivity index (χ1) is 6.69. The monoisotopic (exact) mass is 257 g/mol. The molecule has 0 unspecified atom stereocenters. The van der Waals surface area contributed by atoms with Gasteiger partial charge in [-0.3, -0.25) is 0 Å². The summed E-state index contributed by atoms with van der Waals surface area (Å²) in [5.41, 5.74) is 1.45. The fourth-order valence-electron chi connectivity index (χ4n) is 1.09. The van der Waals surface area contributed by atoms with Crippen molar-refractivity contribution in [1.82, 2.24) is 5.32 Å². The summed E-state index contributed by atoms with van der Waals surface area (Å²) in [5, 5.41) is 3.05. The van der Waals surface area contributed by atoms with E-state index in [1.807, 2.05) is 13.0 Å². The smallest absolute Gasteiger partial charge is 0.339 e. The highest BCUT2D eigenvalue weighted by atomic mass is 79.9. The maximum Gasteiger partial charge on any atom is 0.339 e. The minimum absolute atomic E-state index is 0.336. The Morgan fingerprint density at radius 3 is 3.00 bits per heavy atom. The predicted molar refractivity (Wildman–Crippen MR) is 58.6 cm³/mol. The third-order valence-corrected chi connectivity index (χ3v) is 2.41. The van der Waals surface area contributed by atoms with E-state index in [1.54, 1.807) is 12.3 Å². The van der Waals surface area contributed by atoms with Crippen molar-refractivity contribution in [3.05, 3.63) is 34.1 Å². The topological polar surface area (TPSA) is 38.3 Å². The van der Waals surface area contributed by atoms with Gasteiger partial charge in [0.2, 0.25) is 0 Å². The summed E-state index contributed by atoms with van der Waals surface area (Å²) in [7, 11) is 1.37. The van der Waals surface area contributed by atoms with Crippen molar-refractivity contribution in [2.75, 3.05) is 7.11 Å². The van der Waals surface area contributed by atoms with Crippen LogP contribution in [0.2, 0.25) is 0 Å². The first-order valence-corrected chi connectivity index (χ1v) is 5.11. The molecule has 0 amide bonds. The van der Waals surface area contributed by atoms with Crippen LogP contribution in [-0.2, 0) is 9.53 Å². The van der Waals surface area contributed by atoms with Gasteiger partial charge in [-0.1, -0.05) is 13.0 Å². The fraction of sp³-hybridized carbons (Fsp3) is 0.300. The number of methoxy groups -OCH3 is 1. The summed E-state index contributed by atoms with van der Waals surface area (Å²) in [5.74, 6) is -0.336. The second-order valence-electron chi connectivity index (χ2n) is 2.75. The van der Waals surface area contributed by atoms with Crippen LogP contribution in [0.5, 0.6) is 0 Å². The Hall–Kier alpha value is -1.03. The number of ether oxygens (including phenoxy) is 1. The molecule has 0 bridgehead atoms. The maximum absolute atomic E-state index is 11.3. The van der Waals surface area contributed by atoms with E-state index in [4.69, 9.17) is 0 Å². The zero-order valence-electron chi connectivity index (χ0n) is 8.13. The van der Waals surface area contributed by atoms with Gasteiger partial charge in [-0.05, 0) is 28.4 Å². The molecule has 1 rings (SSSR count). The Morgan fingerprint density at radius 2 is 2.43 bits per heavy atom. The summed E-state index contributed by atoms with van der Waals surface area (Å²) >= 11 is 3.28. The highest BCUT2D eigenvalue weighted by Crippen LogP contribution is 2.22. The number of hydrogen-bond donors (Lipinski definition) is 1. The highest BCUT2D eigenvalue weighted by Gasteiger charge is 2.16. The molecule has 0 aromatic rings. The SMILES string of the molecule is CC/C=C1/C=C(C(=O)OC)C(Br)=CN1. The fourth-order valence-corrected chi connectivity index (χ4v) is 1.49. The molecule has 0 aliphatic carbocycles. The molecule has 3 nitrogen and oxygen atoms in total. The van der Waals surface area contributed by atoms with E-state index in [2.05, 4.69) is 26.0 Å². The Labute approximate surface area is 91.6 Å². The standard InChI is InChI=1S/C10H12BrNO2/c1-3-4-7-5-8(10(13)14-2)9(11)6-12-7/h4-6,12H,3H2,1-2H3/b7-4-. The van der Waals surface area contributed by atoms with Gasteiger partial charge in [0.15, 0.2) is 0 Å². The molecule has 0 atom stereocenters. The first kappa shape index (κ1) is 11.0. The van der Waals surface area contributed by atoms with Crippen LogP contribution in [0.1, 0.15) is 13.3 Å². The minimum Gasteiger partial charge on any atom is -0.465 e. The molecule has 0 radical (unpaired) electrons. The van der Waals surface area contributed by atoms with Gasteiger partial charge in [0.25, 0.3) is 0 Å². The van der Waals surface area contributed by atoms with Crippen molar-refractivity contribution in [3.63, 3.8) is 0 Å². The quantitative estimate of drug-likeness (QED) is 0.772. The van der Waals surface area contributed by atoms with Crippen LogP contribution >= 0.6 is 15.9 Å². The van der Waals surface area contributed by atoms with Crippen LogP contribution < -0.4 is 5.32 Å². The van der Waals surface area contributed by atoms with Gasteiger partial charge in [-0.2, -0.15) is 0 Å². The molecule has 0 fully saturated rings. The second kappa shape index (κ2) is 5.00. The molecule has 0 saturated heterocycles. The Kier molecular flexibility index (Phi) is 3.95. The zero-order chi connectivity index (χ0) is 10.6. The summed E-state index contributed by atoms with van der Waals surface area (Å²) in [4.78, 5) is 11.3. The van der Waals surface area contributed by atoms with Crippen molar-refractivity contribution >= 4 is 21.9 Å². The molecular weight excluding hydrogens is 246 g/mol. The van der Waals surface area contributed by atoms with E-state index in [9.17, 15) is 4.79 Å². The van der Waals surface area contributed by atoms with Crippen LogP contribution in [0.3, 0.4) is 0 Å². The lowest BCUT2D eigenvalue weighted by Crippen LogP contribution is -2.15. The number of carbonyl (C=O) groups is 1. The normalized spacial score (nSPS) is 18.4. The van der Waals surface area contributed by atoms with E-state index in [1.165, 1.54) is 7.11 Å². The van der Waals surface area contributed by atoms with Crippen molar-refractivity contribution in [1.29, 1.82) is 0 Å². The van der Waals surface area contributed by atoms with Crippen LogP contribution in [0.25, 0.3) is 0 Å². The molecule has 0 saturated carbocycles. The van der Waals surface area contributed by atoms with Gasteiger partial charge < -0.3 is 10.1 Å². The lowest BCUT2D eigenvalue weighted by molar-refractivity contribution is -0.135. The maximum atomic E-state index is 11.3. The number of nitrogens with one attached hydrogen (secondary N) is 1. The lowest BCUT2D eigenvalue weighted by Gasteiger charge is -2.13. The van der Waals surface area contributed by atoms with E-state index < -0.39 is 0 Å². The van der Waals surface area contributed by atoms with Gasteiger partial charge in [-0.25, -0.2) is 4.79 Å². The molecule has 0 aromatic heterocycles. The third kappa shape index (κ3) is 2.48. The van der Waals surface area contributed by atoms with E-state index in [0.29, 0.717) is 10.1 Å². The molecule has 1 N–H and O–H groups in total. The van der Waals surface area contributed by atoms with Crippen LogP contribution in [0, 0.1) is 0 Å². The first-order valence-electron chi connectivity index (χ1n) is 4.31. The van der Waals surface area contributed by atoms with Crippen molar-refractivity contribution in [3.8, 4) is 0 Å². The average Bonchev–Trinajstić information content (AvgIpc) is 2.20. The van der Waals surface area contributed by atoms with Gasteiger partial charge in [-0.15, -0.1) is 0 Å². The zero-order valence-corrected chi connectivity index (χ0v) is 9.72. The molecule has 4 heteroatoms. The van der Waals surface area contributed by atoms with Gasteiger partial charge >= 0.3 is 5.97 Å². The number of dihydropyridines is 1. The van der Waals surface area contributed by atoms with E-state index in [0.717, 1.165) is 12.1 Å². The Balaban J connectivity index is 2.94. The third-order valence-electron chi connectivity index (χ3n) is 1.75. The molecule has 1 aliphatic heterocycles. The van der Waals surface area contributed by atoms with Gasteiger partial charge in [0.1, 0.15) is 0 Å². The Bertz CT molecular complexity index is 329. The average molecular weight is 258 g/mol. The van der Waals surface area contributed by atoms with Crippen LogP contribution in [0.15, 0.2) is 34.1 Å².